The Morgan fingerprint density at radius 1 is 1.18 bits per heavy atom. The van der Waals surface area contributed by atoms with Gasteiger partial charge in [0, 0.05) is 42.7 Å². The maximum atomic E-state index is 13.1. The van der Waals surface area contributed by atoms with Crippen LogP contribution in [0.4, 0.5) is 11.5 Å². The van der Waals surface area contributed by atoms with Crippen LogP contribution >= 0.6 is 22.7 Å². The minimum atomic E-state index is -0.0563. The molecule has 0 radical (unpaired) electrons. The topological polar surface area (TPSA) is 94.2 Å². The number of hydrogen-bond acceptors (Lipinski definition) is 8. The number of carbonyl (C=O) groups is 1. The maximum absolute atomic E-state index is 13.1. The number of aromatic amines is 1. The second-order valence-electron chi connectivity index (χ2n) is 8.82. The molecule has 1 aliphatic heterocycles. The van der Waals surface area contributed by atoms with Crippen molar-refractivity contribution < 1.29 is 4.79 Å². The number of aromatic nitrogens is 3. The van der Waals surface area contributed by atoms with Gasteiger partial charge in [0.2, 0.25) is 5.91 Å². The van der Waals surface area contributed by atoms with E-state index in [0.29, 0.717) is 5.91 Å². The Labute approximate surface area is 198 Å². The van der Waals surface area contributed by atoms with Crippen molar-refractivity contribution in [1.29, 1.82) is 0 Å². The highest BCUT2D eigenvalue weighted by Gasteiger charge is 2.32. The van der Waals surface area contributed by atoms with Crippen LogP contribution in [0.1, 0.15) is 16.9 Å². The first-order valence-corrected chi connectivity index (χ1v) is 12.8. The summed E-state index contributed by atoms with van der Waals surface area (Å²) in [6.45, 7) is 3.54. The van der Waals surface area contributed by atoms with Crippen molar-refractivity contribution in [2.75, 3.05) is 38.5 Å². The fourth-order valence-corrected chi connectivity index (χ4v) is 6.90. The highest BCUT2D eigenvalue weighted by atomic mass is 32.1. The third kappa shape index (κ3) is 3.81. The summed E-state index contributed by atoms with van der Waals surface area (Å²) in [6, 6.07) is 5.82. The van der Waals surface area contributed by atoms with Gasteiger partial charge in [-0.15, -0.1) is 11.3 Å². The molecule has 2 N–H and O–H groups in total. The number of thiazole rings is 1. The van der Waals surface area contributed by atoms with Crippen LogP contribution in [0, 0.1) is 5.92 Å². The number of fused-ring (bicyclic) bond motifs is 4. The van der Waals surface area contributed by atoms with Crippen LogP contribution in [0.15, 0.2) is 29.3 Å². The molecular formula is C23H24N6O2S2. The molecule has 1 atom stereocenters. The molecule has 1 fully saturated rings. The average Bonchev–Trinajstić information content (AvgIpc) is 3.38. The number of H-pyrrole nitrogens is 1. The van der Waals surface area contributed by atoms with E-state index in [2.05, 4.69) is 32.2 Å². The largest absolute Gasteiger partial charge is 0.340 e. The van der Waals surface area contributed by atoms with Gasteiger partial charge in [0.05, 0.1) is 15.6 Å². The van der Waals surface area contributed by atoms with Crippen molar-refractivity contribution in [3.8, 4) is 0 Å². The molecule has 1 amide bonds. The molecule has 1 saturated heterocycles. The standard InChI is InChI=1S/C23H24N6O2S2/c1-28-6-8-29(9-7-28)22(30)13-2-4-15-17(10-13)32-21-19(15)20(24-12-25-21)26-14-3-5-16-18(11-14)33-23(31)27-16/h3,5,11-13H,2,4,6-10H2,1H3,(H,27,31)(H,24,25,26)/t13-/m1/s1. The lowest BCUT2D eigenvalue weighted by Crippen LogP contribution is -2.49. The SMILES string of the molecule is CN1CCN(C(=O)[C@@H]2CCc3c(sc4ncnc(Nc5ccc6[nH]c(=O)sc6c5)c34)C2)CC1. The monoisotopic (exact) mass is 480 g/mol. The van der Waals surface area contributed by atoms with E-state index >= 15 is 0 Å². The lowest BCUT2D eigenvalue weighted by molar-refractivity contribution is -0.137. The molecule has 0 unspecified atom stereocenters. The van der Waals surface area contributed by atoms with Gasteiger partial charge in [-0.3, -0.25) is 9.59 Å². The molecule has 0 bridgehead atoms. The second kappa shape index (κ2) is 8.19. The molecule has 4 aromatic rings. The van der Waals surface area contributed by atoms with Gasteiger partial charge in [0.25, 0.3) is 0 Å². The molecule has 0 spiro atoms. The number of thiophene rings is 1. The van der Waals surface area contributed by atoms with Crippen molar-refractivity contribution in [3.63, 3.8) is 0 Å². The summed E-state index contributed by atoms with van der Waals surface area (Å²) in [5.74, 6) is 1.13. The van der Waals surface area contributed by atoms with E-state index in [1.54, 1.807) is 17.7 Å². The summed E-state index contributed by atoms with van der Waals surface area (Å²) in [7, 11) is 2.11. The molecule has 2 aliphatic rings. The quantitative estimate of drug-likeness (QED) is 0.468. The third-order valence-electron chi connectivity index (χ3n) is 6.69. The van der Waals surface area contributed by atoms with E-state index in [1.807, 2.05) is 23.1 Å². The molecule has 170 valence electrons. The predicted octanol–water partition coefficient (Wildman–Crippen LogP) is 3.22. The van der Waals surface area contributed by atoms with Gasteiger partial charge in [0.1, 0.15) is 17.0 Å². The number of nitrogens with one attached hydrogen (secondary N) is 2. The number of nitrogens with zero attached hydrogens (tertiary/aromatic N) is 4. The molecule has 3 aromatic heterocycles. The van der Waals surface area contributed by atoms with E-state index in [-0.39, 0.29) is 10.8 Å². The first-order valence-electron chi connectivity index (χ1n) is 11.2. The molecule has 6 rings (SSSR count). The van der Waals surface area contributed by atoms with Crippen molar-refractivity contribution in [2.45, 2.75) is 19.3 Å². The fourth-order valence-electron chi connectivity index (χ4n) is 4.86. The zero-order valence-electron chi connectivity index (χ0n) is 18.3. The number of benzene rings is 1. The normalized spacial score (nSPS) is 19.2. The fraction of sp³-hybridized carbons (Fsp3) is 0.391. The number of carbonyl (C=O) groups excluding carboxylic acids is 1. The Hall–Kier alpha value is -2.82. The Morgan fingerprint density at radius 2 is 2.03 bits per heavy atom. The lowest BCUT2D eigenvalue weighted by Gasteiger charge is -2.35. The summed E-state index contributed by atoms with van der Waals surface area (Å²) in [5.41, 5.74) is 3.00. The Kier molecular flexibility index (Phi) is 5.16. The highest BCUT2D eigenvalue weighted by molar-refractivity contribution is 7.19. The first-order chi connectivity index (χ1) is 16.0. The van der Waals surface area contributed by atoms with E-state index in [4.69, 9.17) is 0 Å². The van der Waals surface area contributed by atoms with Crippen molar-refractivity contribution >= 4 is 60.5 Å². The number of hydrogen-bond donors (Lipinski definition) is 2. The van der Waals surface area contributed by atoms with Gasteiger partial charge in [-0.25, -0.2) is 9.97 Å². The number of rotatable bonds is 3. The first kappa shape index (κ1) is 20.8. The third-order valence-corrected chi connectivity index (χ3v) is 8.70. The second-order valence-corrected chi connectivity index (χ2v) is 10.9. The zero-order chi connectivity index (χ0) is 22.5. The van der Waals surface area contributed by atoms with Gasteiger partial charge >= 0.3 is 4.87 Å². The van der Waals surface area contributed by atoms with Crippen LogP contribution < -0.4 is 10.2 Å². The van der Waals surface area contributed by atoms with Gasteiger partial charge < -0.3 is 20.1 Å². The summed E-state index contributed by atoms with van der Waals surface area (Å²) >= 11 is 2.88. The van der Waals surface area contributed by atoms with E-state index in [9.17, 15) is 9.59 Å². The number of aryl methyl sites for hydroxylation is 1. The molecule has 10 heteroatoms. The van der Waals surface area contributed by atoms with Crippen molar-refractivity contribution in [3.05, 3.63) is 44.6 Å². The molecular weight excluding hydrogens is 456 g/mol. The van der Waals surface area contributed by atoms with Crippen LogP contribution in [-0.4, -0.2) is 63.9 Å². The lowest BCUT2D eigenvalue weighted by atomic mass is 9.86. The minimum Gasteiger partial charge on any atom is -0.340 e. The van der Waals surface area contributed by atoms with Crippen molar-refractivity contribution in [1.82, 2.24) is 24.8 Å². The van der Waals surface area contributed by atoms with E-state index < -0.39 is 0 Å². The van der Waals surface area contributed by atoms with Crippen molar-refractivity contribution in [2.24, 2.45) is 5.92 Å². The smallest absolute Gasteiger partial charge is 0.305 e. The van der Waals surface area contributed by atoms with E-state index in [0.717, 1.165) is 77.4 Å². The van der Waals surface area contributed by atoms with Gasteiger partial charge in [-0.2, -0.15) is 0 Å². The molecule has 1 aromatic carbocycles. The van der Waals surface area contributed by atoms with E-state index in [1.165, 1.54) is 21.8 Å². The summed E-state index contributed by atoms with van der Waals surface area (Å²) in [5, 5.41) is 4.50. The van der Waals surface area contributed by atoms with Crippen LogP contribution in [0.5, 0.6) is 0 Å². The minimum absolute atomic E-state index is 0.0529. The van der Waals surface area contributed by atoms with Gasteiger partial charge in [-0.05, 0) is 50.1 Å². The maximum Gasteiger partial charge on any atom is 0.305 e. The van der Waals surface area contributed by atoms with Crippen LogP contribution in [0.2, 0.25) is 0 Å². The number of anilines is 2. The summed E-state index contributed by atoms with van der Waals surface area (Å²) in [6.07, 6.45) is 4.10. The number of piperazine rings is 1. The molecule has 0 saturated carbocycles. The molecule has 1 aliphatic carbocycles. The predicted molar refractivity (Wildman–Crippen MR) is 133 cm³/mol. The zero-order valence-corrected chi connectivity index (χ0v) is 19.9. The molecule has 33 heavy (non-hydrogen) atoms. The summed E-state index contributed by atoms with van der Waals surface area (Å²) in [4.78, 5) is 43.2. The number of amides is 1. The van der Waals surface area contributed by atoms with Gasteiger partial charge in [-0.1, -0.05) is 11.3 Å². The average molecular weight is 481 g/mol. The Balaban J connectivity index is 1.28. The molecule has 4 heterocycles. The number of likely N-dealkylation sites (N-methyl/N-ethyl adjacent to an activating group) is 1. The molecule has 8 nitrogen and oxygen atoms in total. The van der Waals surface area contributed by atoms with Crippen LogP contribution in [-0.2, 0) is 17.6 Å². The summed E-state index contributed by atoms with van der Waals surface area (Å²) < 4.78 is 0.910. The Morgan fingerprint density at radius 3 is 2.88 bits per heavy atom. The van der Waals surface area contributed by atoms with Crippen LogP contribution in [0.3, 0.4) is 0 Å². The highest BCUT2D eigenvalue weighted by Crippen LogP contribution is 2.41. The Bertz CT molecular complexity index is 1420. The van der Waals surface area contributed by atoms with Crippen LogP contribution in [0.25, 0.3) is 20.4 Å². The van der Waals surface area contributed by atoms with Gasteiger partial charge in [0.15, 0.2) is 0 Å².